The summed E-state index contributed by atoms with van der Waals surface area (Å²) < 4.78 is 17.7. The zero-order chi connectivity index (χ0) is 16.9. The minimum atomic E-state index is -0.560. The lowest BCUT2D eigenvalue weighted by molar-refractivity contribution is -0.148. The fourth-order valence-electron chi connectivity index (χ4n) is 2.11. The van der Waals surface area contributed by atoms with Crippen LogP contribution in [0.1, 0.15) is 33.3 Å². The molecule has 0 saturated carbocycles. The summed E-state index contributed by atoms with van der Waals surface area (Å²) in [6.45, 7) is 7.80. The van der Waals surface area contributed by atoms with Crippen molar-refractivity contribution < 1.29 is 18.7 Å². The molecule has 1 rings (SSSR count). The van der Waals surface area contributed by atoms with Gasteiger partial charge in [-0.2, -0.15) is 0 Å². The van der Waals surface area contributed by atoms with Crippen LogP contribution in [-0.2, 0) is 20.9 Å². The highest BCUT2D eigenvalue weighted by Gasteiger charge is 2.29. The quantitative estimate of drug-likeness (QED) is 0.786. The minimum absolute atomic E-state index is 0.0624. The minimum Gasteiger partial charge on any atom is -0.469 e. The molecule has 1 amide bonds. The summed E-state index contributed by atoms with van der Waals surface area (Å²) >= 11 is 0. The molecule has 0 aromatic heterocycles. The first-order valence-electron chi connectivity index (χ1n) is 7.26. The average molecular weight is 309 g/mol. The lowest BCUT2D eigenvalue weighted by atomic mass is 9.94. The van der Waals surface area contributed by atoms with Crippen LogP contribution < -0.4 is 0 Å². The molecule has 0 aliphatic carbocycles. The van der Waals surface area contributed by atoms with Gasteiger partial charge in [0.15, 0.2) is 0 Å². The molecule has 0 spiro atoms. The first kappa shape index (κ1) is 18.1. The third kappa shape index (κ3) is 5.13. The Balaban J connectivity index is 2.93. The van der Waals surface area contributed by atoms with E-state index in [0.717, 1.165) is 5.56 Å². The Morgan fingerprint density at radius 3 is 2.23 bits per heavy atom. The summed E-state index contributed by atoms with van der Waals surface area (Å²) in [7, 11) is 1.33. The standard InChI is InChI=1S/C17H24FNO3/c1-12(15(20)22-5)10-19(16(21)17(2,3)4)11-13-6-8-14(18)9-7-13/h6-9,12H,10-11H2,1-5H3. The number of amides is 1. The highest BCUT2D eigenvalue weighted by molar-refractivity contribution is 5.82. The van der Waals surface area contributed by atoms with E-state index in [-0.39, 0.29) is 24.2 Å². The highest BCUT2D eigenvalue weighted by Crippen LogP contribution is 2.21. The molecule has 22 heavy (non-hydrogen) atoms. The van der Waals surface area contributed by atoms with Crippen LogP contribution in [0.4, 0.5) is 4.39 Å². The smallest absolute Gasteiger partial charge is 0.310 e. The van der Waals surface area contributed by atoms with Crippen molar-refractivity contribution in [1.82, 2.24) is 4.90 Å². The maximum atomic E-state index is 13.0. The van der Waals surface area contributed by atoms with Crippen molar-refractivity contribution in [2.45, 2.75) is 34.2 Å². The van der Waals surface area contributed by atoms with Gasteiger partial charge in [0.05, 0.1) is 13.0 Å². The molecule has 0 bridgehead atoms. The number of benzene rings is 1. The van der Waals surface area contributed by atoms with Gasteiger partial charge in [0, 0.05) is 18.5 Å². The number of hydrogen-bond acceptors (Lipinski definition) is 3. The summed E-state index contributed by atoms with van der Waals surface area (Å²) in [4.78, 5) is 25.8. The van der Waals surface area contributed by atoms with Gasteiger partial charge in [-0.05, 0) is 17.7 Å². The molecule has 1 atom stereocenters. The molecular formula is C17H24FNO3. The number of carbonyl (C=O) groups excluding carboxylic acids is 2. The van der Waals surface area contributed by atoms with Gasteiger partial charge in [-0.15, -0.1) is 0 Å². The molecule has 0 saturated heterocycles. The molecule has 5 heteroatoms. The summed E-state index contributed by atoms with van der Waals surface area (Å²) in [5.74, 6) is -1.16. The second-order valence-corrected chi connectivity index (χ2v) is 6.49. The molecule has 1 unspecified atom stereocenters. The van der Waals surface area contributed by atoms with Gasteiger partial charge in [0.2, 0.25) is 5.91 Å². The van der Waals surface area contributed by atoms with Crippen LogP contribution in [0.25, 0.3) is 0 Å². The monoisotopic (exact) mass is 309 g/mol. The first-order chi connectivity index (χ1) is 10.1. The third-order valence-electron chi connectivity index (χ3n) is 3.31. The van der Waals surface area contributed by atoms with Crippen molar-refractivity contribution in [3.05, 3.63) is 35.6 Å². The number of rotatable bonds is 5. The Hall–Kier alpha value is -1.91. The van der Waals surface area contributed by atoms with E-state index < -0.39 is 11.3 Å². The van der Waals surface area contributed by atoms with Gasteiger partial charge < -0.3 is 9.64 Å². The number of ether oxygens (including phenoxy) is 1. The maximum absolute atomic E-state index is 13.0. The van der Waals surface area contributed by atoms with Gasteiger partial charge in [0.1, 0.15) is 5.82 Å². The lowest BCUT2D eigenvalue weighted by Gasteiger charge is -2.31. The van der Waals surface area contributed by atoms with Crippen LogP contribution in [0.3, 0.4) is 0 Å². The fourth-order valence-corrected chi connectivity index (χ4v) is 2.11. The van der Waals surface area contributed by atoms with E-state index in [4.69, 9.17) is 4.74 Å². The SMILES string of the molecule is COC(=O)C(C)CN(Cc1ccc(F)cc1)C(=O)C(C)(C)C. The Kier molecular flexibility index (Phi) is 6.09. The third-order valence-corrected chi connectivity index (χ3v) is 3.31. The zero-order valence-electron chi connectivity index (χ0n) is 13.9. The second kappa shape index (κ2) is 7.38. The maximum Gasteiger partial charge on any atom is 0.310 e. The Labute approximate surface area is 131 Å². The molecule has 4 nitrogen and oxygen atoms in total. The summed E-state index contributed by atoms with van der Waals surface area (Å²) in [6, 6.07) is 6.00. The number of nitrogens with zero attached hydrogens (tertiary/aromatic N) is 1. The van der Waals surface area contributed by atoms with Crippen LogP contribution >= 0.6 is 0 Å². The Bertz CT molecular complexity index is 520. The van der Waals surface area contributed by atoms with Crippen molar-refractivity contribution in [2.75, 3.05) is 13.7 Å². The molecular weight excluding hydrogens is 285 g/mol. The van der Waals surface area contributed by atoms with Crippen molar-refractivity contribution in [3.63, 3.8) is 0 Å². The van der Waals surface area contributed by atoms with Gasteiger partial charge in [-0.1, -0.05) is 39.8 Å². The van der Waals surface area contributed by atoms with Crippen molar-refractivity contribution >= 4 is 11.9 Å². The summed E-state index contributed by atoms with van der Waals surface area (Å²) in [6.07, 6.45) is 0. The van der Waals surface area contributed by atoms with E-state index in [0.29, 0.717) is 6.54 Å². The van der Waals surface area contributed by atoms with Crippen molar-refractivity contribution in [3.8, 4) is 0 Å². The molecule has 0 radical (unpaired) electrons. The number of methoxy groups -OCH3 is 1. The second-order valence-electron chi connectivity index (χ2n) is 6.49. The summed E-state index contributed by atoms with van der Waals surface area (Å²) in [5.41, 5.74) is 0.256. The predicted molar refractivity (Wildman–Crippen MR) is 82.5 cm³/mol. The number of esters is 1. The van der Waals surface area contributed by atoms with Crippen LogP contribution in [-0.4, -0.2) is 30.4 Å². The largest absolute Gasteiger partial charge is 0.469 e. The number of halogens is 1. The fraction of sp³-hybridized carbons (Fsp3) is 0.529. The van der Waals surface area contributed by atoms with Crippen LogP contribution in [0.15, 0.2) is 24.3 Å². The molecule has 1 aromatic carbocycles. The zero-order valence-corrected chi connectivity index (χ0v) is 13.9. The Morgan fingerprint density at radius 2 is 1.77 bits per heavy atom. The lowest BCUT2D eigenvalue weighted by Crippen LogP contribution is -2.42. The number of carbonyl (C=O) groups is 2. The molecule has 0 fully saturated rings. The van der Waals surface area contributed by atoms with Gasteiger partial charge in [0.25, 0.3) is 0 Å². The van der Waals surface area contributed by atoms with Gasteiger partial charge >= 0.3 is 5.97 Å². The topological polar surface area (TPSA) is 46.6 Å². The van der Waals surface area contributed by atoms with Crippen LogP contribution in [0, 0.1) is 17.2 Å². The normalized spacial score (nSPS) is 12.6. The predicted octanol–water partition coefficient (Wildman–Crippen LogP) is 3.01. The number of hydrogen-bond donors (Lipinski definition) is 0. The van der Waals surface area contributed by atoms with E-state index in [1.54, 1.807) is 24.0 Å². The molecule has 0 heterocycles. The van der Waals surface area contributed by atoms with E-state index in [1.807, 2.05) is 20.8 Å². The van der Waals surface area contributed by atoms with Gasteiger partial charge in [-0.3, -0.25) is 9.59 Å². The van der Waals surface area contributed by atoms with Crippen molar-refractivity contribution in [1.29, 1.82) is 0 Å². The first-order valence-corrected chi connectivity index (χ1v) is 7.26. The van der Waals surface area contributed by atoms with E-state index in [2.05, 4.69) is 0 Å². The molecule has 0 N–H and O–H groups in total. The van der Waals surface area contributed by atoms with Crippen molar-refractivity contribution in [2.24, 2.45) is 11.3 Å². The van der Waals surface area contributed by atoms with E-state index >= 15 is 0 Å². The Morgan fingerprint density at radius 1 is 1.23 bits per heavy atom. The van der Waals surface area contributed by atoms with Crippen LogP contribution in [0.5, 0.6) is 0 Å². The van der Waals surface area contributed by atoms with E-state index in [9.17, 15) is 14.0 Å². The molecule has 122 valence electrons. The highest BCUT2D eigenvalue weighted by atomic mass is 19.1. The molecule has 1 aromatic rings. The molecule has 0 aliphatic rings. The van der Waals surface area contributed by atoms with Crippen LogP contribution in [0.2, 0.25) is 0 Å². The molecule has 0 aliphatic heterocycles. The average Bonchev–Trinajstić information content (AvgIpc) is 2.46. The van der Waals surface area contributed by atoms with E-state index in [1.165, 1.54) is 19.2 Å². The summed E-state index contributed by atoms with van der Waals surface area (Å²) in [5, 5.41) is 0. The van der Waals surface area contributed by atoms with Gasteiger partial charge in [-0.25, -0.2) is 4.39 Å².